The molecule has 1 unspecified atom stereocenters. The molecule has 2 rings (SSSR count). The Morgan fingerprint density at radius 3 is 2.88 bits per heavy atom. The smallest absolute Gasteiger partial charge is 0.233 e. The zero-order chi connectivity index (χ0) is 12.4. The summed E-state index contributed by atoms with van der Waals surface area (Å²) in [5.74, 6) is -0.274. The van der Waals surface area contributed by atoms with E-state index in [2.05, 4.69) is 5.32 Å². The summed E-state index contributed by atoms with van der Waals surface area (Å²) < 4.78 is 11.9. The fourth-order valence-corrected chi connectivity index (χ4v) is 2.79. The van der Waals surface area contributed by atoms with E-state index in [1.54, 1.807) is 18.2 Å². The maximum absolute atomic E-state index is 11.9. The van der Waals surface area contributed by atoms with Gasteiger partial charge in [0.2, 0.25) is 5.91 Å². The topological polar surface area (TPSA) is 72.2 Å². The molecule has 1 atom stereocenters. The Morgan fingerprint density at radius 2 is 2.24 bits per heavy atom. The number of hydrogen-bond donors (Lipinski definition) is 2. The largest absolute Gasteiger partial charge is 0.399 e. The van der Waals surface area contributed by atoms with Gasteiger partial charge in [-0.25, -0.2) is 0 Å². The van der Waals surface area contributed by atoms with Crippen molar-refractivity contribution in [1.82, 2.24) is 5.32 Å². The van der Waals surface area contributed by atoms with Crippen LogP contribution in [0.2, 0.25) is 5.02 Å². The molecular weight excluding hydrogens is 260 g/mol. The average Bonchev–Trinajstić information content (AvgIpc) is 3.05. The van der Waals surface area contributed by atoms with E-state index in [1.165, 1.54) is 0 Å². The molecule has 6 heteroatoms. The lowest BCUT2D eigenvalue weighted by molar-refractivity contribution is -0.118. The van der Waals surface area contributed by atoms with E-state index >= 15 is 0 Å². The minimum Gasteiger partial charge on any atom is -0.399 e. The van der Waals surface area contributed by atoms with Crippen LogP contribution in [-0.4, -0.2) is 21.9 Å². The van der Waals surface area contributed by atoms with Crippen LogP contribution in [0.3, 0.4) is 0 Å². The molecule has 1 fully saturated rings. The number of halogens is 1. The van der Waals surface area contributed by atoms with E-state index in [-0.39, 0.29) is 17.7 Å². The third-order valence-corrected chi connectivity index (χ3v) is 4.20. The van der Waals surface area contributed by atoms with Gasteiger partial charge in [-0.2, -0.15) is 0 Å². The number of carbonyl (C=O) groups excluding carboxylic acids is 1. The molecule has 1 aliphatic carbocycles. The molecule has 1 aliphatic rings. The number of hydrogen-bond acceptors (Lipinski definition) is 3. The minimum atomic E-state index is -1.45. The van der Waals surface area contributed by atoms with Gasteiger partial charge in [0, 0.05) is 11.7 Å². The second-order valence-corrected chi connectivity index (χ2v) is 5.85. The van der Waals surface area contributed by atoms with Crippen LogP contribution < -0.4 is 11.1 Å². The maximum atomic E-state index is 11.9. The molecule has 4 nitrogen and oxygen atoms in total. The predicted molar refractivity (Wildman–Crippen MR) is 68.3 cm³/mol. The van der Waals surface area contributed by atoms with Gasteiger partial charge in [-0.3, -0.25) is 9.00 Å². The molecule has 0 aliphatic heterocycles. The van der Waals surface area contributed by atoms with Crippen LogP contribution in [-0.2, 0) is 15.6 Å². The minimum absolute atomic E-state index is 0.0698. The van der Waals surface area contributed by atoms with Gasteiger partial charge in [-0.1, -0.05) is 11.6 Å². The third kappa shape index (κ3) is 3.44. The SMILES string of the molecule is Nc1ccc(Cl)c(S(=O)CC(=O)NC2CC2)c1. The molecule has 17 heavy (non-hydrogen) atoms. The van der Waals surface area contributed by atoms with Gasteiger partial charge in [0.05, 0.1) is 20.7 Å². The van der Waals surface area contributed by atoms with Crippen molar-refractivity contribution in [2.24, 2.45) is 0 Å². The summed E-state index contributed by atoms with van der Waals surface area (Å²) in [5, 5.41) is 3.15. The first-order chi connectivity index (χ1) is 8.06. The van der Waals surface area contributed by atoms with Crippen molar-refractivity contribution in [3.05, 3.63) is 23.2 Å². The summed E-state index contributed by atoms with van der Waals surface area (Å²) in [5.41, 5.74) is 6.08. The van der Waals surface area contributed by atoms with E-state index < -0.39 is 10.8 Å². The summed E-state index contributed by atoms with van der Waals surface area (Å²) in [6, 6.07) is 5.04. The van der Waals surface area contributed by atoms with Gasteiger partial charge >= 0.3 is 0 Å². The zero-order valence-electron chi connectivity index (χ0n) is 9.11. The van der Waals surface area contributed by atoms with Crippen molar-refractivity contribution in [3.8, 4) is 0 Å². The number of nitrogen functional groups attached to an aromatic ring is 1. The molecule has 0 saturated heterocycles. The van der Waals surface area contributed by atoms with E-state index in [9.17, 15) is 9.00 Å². The Labute approximate surface area is 107 Å². The lowest BCUT2D eigenvalue weighted by atomic mass is 10.3. The molecule has 0 spiro atoms. The van der Waals surface area contributed by atoms with Gasteiger partial charge in [-0.15, -0.1) is 0 Å². The second kappa shape index (κ2) is 5.06. The van der Waals surface area contributed by atoms with Crippen molar-refractivity contribution in [2.75, 3.05) is 11.5 Å². The molecule has 0 heterocycles. The highest BCUT2D eigenvalue weighted by Crippen LogP contribution is 2.23. The quantitative estimate of drug-likeness (QED) is 0.812. The van der Waals surface area contributed by atoms with Crippen LogP contribution in [0.15, 0.2) is 23.1 Å². The number of nitrogens with two attached hydrogens (primary N) is 1. The Morgan fingerprint density at radius 1 is 1.53 bits per heavy atom. The Bertz CT molecular complexity index is 475. The highest BCUT2D eigenvalue weighted by Gasteiger charge is 2.24. The highest BCUT2D eigenvalue weighted by molar-refractivity contribution is 7.85. The summed E-state index contributed by atoms with van der Waals surface area (Å²) in [6.45, 7) is 0. The highest BCUT2D eigenvalue weighted by atomic mass is 35.5. The Kier molecular flexibility index (Phi) is 3.69. The maximum Gasteiger partial charge on any atom is 0.233 e. The molecule has 92 valence electrons. The molecule has 3 N–H and O–H groups in total. The second-order valence-electron chi connectivity index (χ2n) is 4.02. The summed E-state index contributed by atoms with van der Waals surface area (Å²) in [4.78, 5) is 11.9. The van der Waals surface area contributed by atoms with Crippen molar-refractivity contribution >= 4 is 34.0 Å². The van der Waals surface area contributed by atoms with Crippen molar-refractivity contribution in [3.63, 3.8) is 0 Å². The third-order valence-electron chi connectivity index (χ3n) is 2.41. The van der Waals surface area contributed by atoms with Gasteiger partial charge in [0.15, 0.2) is 0 Å². The lowest BCUT2D eigenvalue weighted by Gasteiger charge is -2.06. The van der Waals surface area contributed by atoms with Crippen molar-refractivity contribution in [2.45, 2.75) is 23.8 Å². The number of benzene rings is 1. The first kappa shape index (κ1) is 12.4. The molecule has 0 radical (unpaired) electrons. The van der Waals surface area contributed by atoms with Crippen LogP contribution in [0.1, 0.15) is 12.8 Å². The molecule has 1 saturated carbocycles. The number of rotatable bonds is 4. The van der Waals surface area contributed by atoms with Gasteiger partial charge < -0.3 is 11.1 Å². The molecule has 1 amide bonds. The van der Waals surface area contributed by atoms with E-state index in [1.807, 2.05) is 0 Å². The molecule has 0 aromatic heterocycles. The van der Waals surface area contributed by atoms with Crippen LogP contribution >= 0.6 is 11.6 Å². The monoisotopic (exact) mass is 272 g/mol. The first-order valence-electron chi connectivity index (χ1n) is 5.29. The van der Waals surface area contributed by atoms with Crippen LogP contribution in [0.5, 0.6) is 0 Å². The Hall–Kier alpha value is -1.07. The average molecular weight is 273 g/mol. The van der Waals surface area contributed by atoms with Crippen molar-refractivity contribution < 1.29 is 9.00 Å². The van der Waals surface area contributed by atoms with Gasteiger partial charge in [-0.05, 0) is 31.0 Å². The fourth-order valence-electron chi connectivity index (χ4n) is 1.39. The molecule has 1 aromatic carbocycles. The van der Waals surface area contributed by atoms with Crippen molar-refractivity contribution in [1.29, 1.82) is 0 Å². The number of nitrogens with one attached hydrogen (secondary N) is 1. The summed E-state index contributed by atoms with van der Waals surface area (Å²) in [7, 11) is -1.45. The lowest BCUT2D eigenvalue weighted by Crippen LogP contribution is -2.30. The number of carbonyl (C=O) groups is 1. The predicted octanol–water partition coefficient (Wildman–Crippen LogP) is 1.31. The van der Waals surface area contributed by atoms with E-state index in [4.69, 9.17) is 17.3 Å². The standard InChI is InChI=1S/C11H13ClN2O2S/c12-9-4-1-7(13)5-10(9)17(16)6-11(15)14-8-2-3-8/h1,4-5,8H,2-3,6,13H2,(H,14,15). The fraction of sp³-hybridized carbons (Fsp3) is 0.364. The van der Waals surface area contributed by atoms with Gasteiger partial charge in [0.1, 0.15) is 5.75 Å². The molecular formula is C11H13ClN2O2S. The molecule has 1 aromatic rings. The van der Waals surface area contributed by atoms with Crippen LogP contribution in [0, 0.1) is 0 Å². The normalized spacial score (nSPS) is 16.5. The molecule has 0 bridgehead atoms. The summed E-state index contributed by atoms with van der Waals surface area (Å²) >= 11 is 5.91. The van der Waals surface area contributed by atoms with Crippen LogP contribution in [0.25, 0.3) is 0 Å². The first-order valence-corrected chi connectivity index (χ1v) is 6.98. The Balaban J connectivity index is 2.02. The summed E-state index contributed by atoms with van der Waals surface area (Å²) in [6.07, 6.45) is 2.02. The van der Waals surface area contributed by atoms with Crippen LogP contribution in [0.4, 0.5) is 5.69 Å². The van der Waals surface area contributed by atoms with Gasteiger partial charge in [0.25, 0.3) is 0 Å². The number of amides is 1. The zero-order valence-corrected chi connectivity index (χ0v) is 10.7. The van der Waals surface area contributed by atoms with E-state index in [0.29, 0.717) is 15.6 Å². The number of anilines is 1. The van der Waals surface area contributed by atoms with E-state index in [0.717, 1.165) is 12.8 Å².